The van der Waals surface area contributed by atoms with E-state index in [4.69, 9.17) is 9.51 Å². The summed E-state index contributed by atoms with van der Waals surface area (Å²) < 4.78 is 20.5. The second kappa shape index (κ2) is 17.5. The van der Waals surface area contributed by atoms with Crippen LogP contribution in [0.15, 0.2) is 77.4 Å². The fourth-order valence-corrected chi connectivity index (χ4v) is 9.05. The zero-order valence-corrected chi connectivity index (χ0v) is 36.9. The molecule has 1 atom stereocenters. The number of piperazine rings is 1. The number of rotatable bonds is 10. The van der Waals surface area contributed by atoms with E-state index in [9.17, 15) is 14.4 Å². The summed E-state index contributed by atoms with van der Waals surface area (Å²) in [5, 5.41) is 17.8. The van der Waals surface area contributed by atoms with Crippen molar-refractivity contribution in [2.75, 3.05) is 67.1 Å². The number of nitrogens with one attached hydrogen (secondary N) is 3. The Morgan fingerprint density at radius 3 is 2.30 bits per heavy atom. The quantitative estimate of drug-likeness (QED) is 0.126. The molecule has 16 heteroatoms. The first-order valence-electron chi connectivity index (χ1n) is 22.1. The van der Waals surface area contributed by atoms with Crippen LogP contribution >= 0.6 is 0 Å². The second-order valence-electron chi connectivity index (χ2n) is 18.3. The fourth-order valence-electron chi connectivity index (χ4n) is 9.05. The highest BCUT2D eigenvalue weighted by molar-refractivity contribution is 6.05. The molecule has 0 aliphatic carbocycles. The van der Waals surface area contributed by atoms with E-state index in [-0.39, 0.29) is 47.7 Å². The van der Waals surface area contributed by atoms with E-state index in [2.05, 4.69) is 82.1 Å². The lowest BCUT2D eigenvalue weighted by Gasteiger charge is -2.40. The molecule has 3 saturated heterocycles. The summed E-state index contributed by atoms with van der Waals surface area (Å²) >= 11 is 0. The molecule has 3 aromatic heterocycles. The van der Waals surface area contributed by atoms with Crippen LogP contribution in [-0.4, -0.2) is 100 Å². The number of carbonyl (C=O) groups excluding carboxylic acids is 3. The molecule has 0 bridgehead atoms. The van der Waals surface area contributed by atoms with Gasteiger partial charge >= 0.3 is 6.03 Å². The van der Waals surface area contributed by atoms with Crippen molar-refractivity contribution in [2.24, 2.45) is 5.92 Å². The molecule has 3 N–H and O–H groups in total. The van der Waals surface area contributed by atoms with Gasteiger partial charge in [0.2, 0.25) is 11.8 Å². The number of aryl methyl sites for hydroxylation is 1. The van der Waals surface area contributed by atoms with Crippen molar-refractivity contribution in [3.8, 4) is 22.4 Å². The molecule has 3 aliphatic heterocycles. The van der Waals surface area contributed by atoms with E-state index in [0.29, 0.717) is 17.5 Å². The third kappa shape index (κ3) is 8.91. The first-order chi connectivity index (χ1) is 30.8. The van der Waals surface area contributed by atoms with Crippen LogP contribution in [0.25, 0.3) is 33.4 Å². The van der Waals surface area contributed by atoms with Gasteiger partial charge in [-0.2, -0.15) is 10.1 Å². The maximum atomic E-state index is 15.2. The number of anilines is 3. The summed E-state index contributed by atoms with van der Waals surface area (Å²) in [5.74, 6) is -0.170. The van der Waals surface area contributed by atoms with Crippen molar-refractivity contribution < 1.29 is 23.3 Å². The highest BCUT2D eigenvalue weighted by Crippen LogP contribution is 2.34. The van der Waals surface area contributed by atoms with Crippen molar-refractivity contribution in [3.05, 3.63) is 102 Å². The molecule has 3 aliphatic rings. The van der Waals surface area contributed by atoms with E-state index in [1.165, 1.54) is 16.7 Å². The number of hydrogen-bond acceptors (Lipinski definition) is 11. The number of halogens is 1. The molecule has 1 unspecified atom stereocenters. The predicted molar refractivity (Wildman–Crippen MR) is 244 cm³/mol. The number of hydrogen-bond donors (Lipinski definition) is 3. The number of piperidine rings is 1. The molecule has 15 nitrogen and oxygen atoms in total. The zero-order chi connectivity index (χ0) is 44.7. The van der Waals surface area contributed by atoms with Gasteiger partial charge in [0.15, 0.2) is 5.65 Å². The van der Waals surface area contributed by atoms with Gasteiger partial charge in [-0.25, -0.2) is 14.2 Å². The lowest BCUT2D eigenvalue weighted by atomic mass is 9.95. The van der Waals surface area contributed by atoms with Crippen molar-refractivity contribution in [3.63, 3.8) is 0 Å². The van der Waals surface area contributed by atoms with Crippen LogP contribution in [0.2, 0.25) is 0 Å². The average molecular weight is 868 g/mol. The van der Waals surface area contributed by atoms with Crippen molar-refractivity contribution in [1.82, 2.24) is 40.9 Å². The molecule has 0 radical (unpaired) electrons. The van der Waals surface area contributed by atoms with E-state index < -0.39 is 11.8 Å². The van der Waals surface area contributed by atoms with E-state index >= 15 is 4.39 Å². The molecule has 332 valence electrons. The molecule has 6 aromatic rings. The SMILES string of the molecule is Cc1cc(-c2n[nH]c3ncc(-c4ccc(N5CCN(CC6CCN(c7ccc(N8CCC(=O)NC8=O)c(F)c7)CC6)CC5)cc4)cc23)ccc1C(C)NC(=O)c1noc(C(C)(C)C)n1. The summed E-state index contributed by atoms with van der Waals surface area (Å²) in [5.41, 5.74) is 8.41. The summed E-state index contributed by atoms with van der Waals surface area (Å²) in [6, 6.07) is 21.1. The number of urea groups is 1. The van der Waals surface area contributed by atoms with Crippen LogP contribution in [0.4, 0.5) is 26.2 Å². The Balaban J connectivity index is 0.770. The maximum absolute atomic E-state index is 15.2. The number of H-pyrrole nitrogens is 1. The molecular weight excluding hydrogens is 814 g/mol. The van der Waals surface area contributed by atoms with E-state index in [0.717, 1.165) is 103 Å². The zero-order valence-electron chi connectivity index (χ0n) is 36.9. The molecule has 4 amide bonds. The van der Waals surface area contributed by atoms with Crippen molar-refractivity contribution in [2.45, 2.75) is 65.3 Å². The van der Waals surface area contributed by atoms with Crippen molar-refractivity contribution in [1.29, 1.82) is 0 Å². The number of pyridine rings is 1. The number of nitrogens with zero attached hydrogens (tertiary/aromatic N) is 8. The third-order valence-corrected chi connectivity index (χ3v) is 12.8. The number of imide groups is 1. The Kier molecular flexibility index (Phi) is 11.6. The number of aromatic amines is 1. The number of aromatic nitrogens is 5. The Morgan fingerprint density at radius 1 is 0.891 bits per heavy atom. The standard InChI is InChI=1S/C48H54FN11O4/c1-29-24-33(8-12-37(29)30(2)51-45(62)44-53-46(64-56-44)48(3,4)5)42-38-25-34(27-50-43(38)55-54-42)32-6-9-35(10-7-32)59-22-20-57(21-23-59)28-31-14-17-58(18-15-31)36-11-13-40(39(49)26-36)60-19-16-41(61)52-47(60)63/h6-13,24-27,30-31H,14-23,28H2,1-5H3,(H,51,62)(H,50,54,55)(H,52,61,63). The number of amides is 4. The molecule has 0 spiro atoms. The maximum Gasteiger partial charge on any atom is 0.328 e. The fraction of sp³-hybridized carbons (Fsp3) is 0.396. The first-order valence-corrected chi connectivity index (χ1v) is 22.1. The van der Waals surface area contributed by atoms with Crippen LogP contribution in [0.3, 0.4) is 0 Å². The van der Waals surface area contributed by atoms with Crippen LogP contribution in [0, 0.1) is 18.7 Å². The lowest BCUT2D eigenvalue weighted by Crippen LogP contribution is -2.50. The minimum Gasteiger partial charge on any atom is -0.371 e. The van der Waals surface area contributed by atoms with Gasteiger partial charge in [-0.1, -0.05) is 50.2 Å². The van der Waals surface area contributed by atoms with Gasteiger partial charge in [0, 0.05) is 98.3 Å². The summed E-state index contributed by atoms with van der Waals surface area (Å²) in [7, 11) is 0. The van der Waals surface area contributed by atoms with Gasteiger partial charge in [-0.05, 0) is 91.8 Å². The third-order valence-electron chi connectivity index (χ3n) is 12.8. The van der Waals surface area contributed by atoms with Gasteiger partial charge in [-0.15, -0.1) is 0 Å². The van der Waals surface area contributed by atoms with E-state index in [1.54, 1.807) is 6.07 Å². The molecule has 6 heterocycles. The molecule has 9 rings (SSSR count). The van der Waals surface area contributed by atoms with Crippen LogP contribution in [-0.2, 0) is 10.2 Å². The summed E-state index contributed by atoms with van der Waals surface area (Å²) in [6.07, 6.45) is 4.12. The molecular formula is C48H54FN11O4. The van der Waals surface area contributed by atoms with Gasteiger partial charge in [0.1, 0.15) is 11.5 Å². The molecule has 64 heavy (non-hydrogen) atoms. The molecule has 3 aromatic carbocycles. The number of fused-ring (bicyclic) bond motifs is 1. The largest absolute Gasteiger partial charge is 0.371 e. The first kappa shape index (κ1) is 42.6. The van der Waals surface area contributed by atoms with Gasteiger partial charge in [0.05, 0.1) is 11.7 Å². The Labute approximate surface area is 371 Å². The van der Waals surface area contributed by atoms with Gasteiger partial charge in [-0.3, -0.25) is 29.8 Å². The van der Waals surface area contributed by atoms with Gasteiger partial charge < -0.3 is 19.6 Å². The van der Waals surface area contributed by atoms with Crippen LogP contribution in [0.1, 0.15) is 80.6 Å². The Morgan fingerprint density at radius 2 is 1.61 bits per heavy atom. The minimum atomic E-state index is -0.582. The normalized spacial score (nSPS) is 17.2. The predicted octanol–water partition coefficient (Wildman–Crippen LogP) is 7.40. The van der Waals surface area contributed by atoms with Crippen LogP contribution in [0.5, 0.6) is 0 Å². The topological polar surface area (TPSA) is 169 Å². The molecule has 3 fully saturated rings. The summed E-state index contributed by atoms with van der Waals surface area (Å²) in [4.78, 5) is 54.3. The number of benzene rings is 3. The van der Waals surface area contributed by atoms with E-state index in [1.807, 2.05) is 59.0 Å². The Hall–Kier alpha value is -6.68. The molecule has 0 saturated carbocycles. The van der Waals surface area contributed by atoms with Crippen molar-refractivity contribution >= 4 is 45.9 Å². The minimum absolute atomic E-state index is 0.0166. The second-order valence-corrected chi connectivity index (χ2v) is 18.3. The van der Waals surface area contributed by atoms with Gasteiger partial charge in [0.25, 0.3) is 11.7 Å². The average Bonchev–Trinajstić information content (AvgIpc) is 3.96. The Bertz CT molecular complexity index is 2690. The lowest BCUT2D eigenvalue weighted by molar-refractivity contribution is -0.120. The smallest absolute Gasteiger partial charge is 0.328 e. The highest BCUT2D eigenvalue weighted by atomic mass is 19.1. The summed E-state index contributed by atoms with van der Waals surface area (Å²) in [6.45, 7) is 16.7. The highest BCUT2D eigenvalue weighted by Gasteiger charge is 2.29. The van der Waals surface area contributed by atoms with Crippen LogP contribution < -0.4 is 25.3 Å². The number of carbonyl (C=O) groups is 3. The monoisotopic (exact) mass is 867 g/mol.